The van der Waals surface area contributed by atoms with Gasteiger partial charge in [-0.05, 0) is 61.4 Å². The van der Waals surface area contributed by atoms with Gasteiger partial charge in [0.15, 0.2) is 11.5 Å². The number of ketones is 1. The first-order valence-electron chi connectivity index (χ1n) is 9.58. The highest BCUT2D eigenvalue weighted by molar-refractivity contribution is 7.18. The van der Waals surface area contributed by atoms with E-state index in [0.717, 1.165) is 0 Å². The number of amides is 2. The summed E-state index contributed by atoms with van der Waals surface area (Å²) >= 11 is 1.21. The van der Waals surface area contributed by atoms with Crippen LogP contribution in [0.4, 0.5) is 5.00 Å². The average Bonchev–Trinajstić information content (AvgIpc) is 3.46. The Hall–Kier alpha value is -3.39. The first kappa shape index (κ1) is 19.9. The largest absolute Gasteiger partial charge is 0.508 e. The summed E-state index contributed by atoms with van der Waals surface area (Å²) in [5.41, 5.74) is 0.577. The third kappa shape index (κ3) is 4.28. The maximum absolute atomic E-state index is 12.8. The molecule has 1 fully saturated rings. The van der Waals surface area contributed by atoms with Gasteiger partial charge < -0.3 is 19.7 Å². The molecule has 4 rings (SSSR count). The Morgan fingerprint density at radius 1 is 1.03 bits per heavy atom. The van der Waals surface area contributed by atoms with Gasteiger partial charge in [-0.2, -0.15) is 0 Å². The lowest BCUT2D eigenvalue weighted by Crippen LogP contribution is -2.40. The minimum Gasteiger partial charge on any atom is -0.508 e. The minimum atomic E-state index is -0.366. The zero-order valence-corrected chi connectivity index (χ0v) is 16.9. The Bertz CT molecular complexity index is 1050. The van der Waals surface area contributed by atoms with E-state index < -0.39 is 0 Å². The zero-order chi connectivity index (χ0) is 21.1. The van der Waals surface area contributed by atoms with Crippen LogP contribution >= 0.6 is 11.3 Å². The van der Waals surface area contributed by atoms with Crippen LogP contribution in [0.3, 0.4) is 0 Å². The number of carbonyl (C=O) groups excluding carboxylic acids is 3. The number of benzene rings is 1. The lowest BCUT2D eigenvalue weighted by Gasteiger charge is -2.31. The number of likely N-dealkylation sites (tertiary alicyclic amines) is 1. The molecule has 30 heavy (non-hydrogen) atoms. The van der Waals surface area contributed by atoms with E-state index in [9.17, 15) is 19.5 Å². The summed E-state index contributed by atoms with van der Waals surface area (Å²) < 4.78 is 5.06. The number of furan rings is 1. The van der Waals surface area contributed by atoms with Crippen LogP contribution in [0.2, 0.25) is 0 Å². The van der Waals surface area contributed by atoms with Crippen LogP contribution in [-0.2, 0) is 0 Å². The number of phenolic OH excluding ortho intramolecular Hbond substituents is 1. The molecule has 1 saturated heterocycles. The van der Waals surface area contributed by atoms with Crippen LogP contribution < -0.4 is 5.32 Å². The first-order chi connectivity index (χ1) is 14.5. The highest BCUT2D eigenvalue weighted by Crippen LogP contribution is 2.27. The molecule has 7 nitrogen and oxygen atoms in total. The number of piperidine rings is 1. The molecule has 154 valence electrons. The fourth-order valence-electron chi connectivity index (χ4n) is 3.46. The molecule has 2 aromatic heterocycles. The molecule has 2 amide bonds. The highest BCUT2D eigenvalue weighted by Gasteiger charge is 2.29. The number of aromatic hydroxyl groups is 1. The molecule has 3 aromatic rings. The maximum Gasteiger partial charge on any atom is 0.291 e. The average molecular weight is 424 g/mol. The summed E-state index contributed by atoms with van der Waals surface area (Å²) in [6.45, 7) is 0.999. The molecule has 0 atom stereocenters. The van der Waals surface area contributed by atoms with E-state index in [1.807, 2.05) is 0 Å². The first-order valence-corrected chi connectivity index (χ1v) is 10.4. The standard InChI is InChI=1S/C22H20N2O5S/c25-16-5-3-14(4-6-16)20(26)15-9-11-24(12-10-15)22(28)18-7-8-19(30-18)23-21(27)17-2-1-13-29-17/h1-8,13,15,25H,9-12H2,(H,23,27). The molecule has 2 N–H and O–H groups in total. The van der Waals surface area contributed by atoms with Crippen molar-refractivity contribution in [1.29, 1.82) is 0 Å². The van der Waals surface area contributed by atoms with E-state index in [-0.39, 0.29) is 35.0 Å². The second kappa shape index (κ2) is 8.54. The summed E-state index contributed by atoms with van der Waals surface area (Å²) in [6, 6.07) is 12.8. The second-order valence-electron chi connectivity index (χ2n) is 7.07. The fraction of sp³-hybridized carbons (Fsp3) is 0.227. The molecule has 1 aromatic carbocycles. The summed E-state index contributed by atoms with van der Waals surface area (Å²) in [5, 5.41) is 12.7. The normalized spacial score (nSPS) is 14.5. The number of rotatable bonds is 5. The van der Waals surface area contributed by atoms with Crippen molar-refractivity contribution in [2.75, 3.05) is 18.4 Å². The maximum atomic E-state index is 12.8. The van der Waals surface area contributed by atoms with Crippen LogP contribution in [-0.4, -0.2) is 40.7 Å². The SMILES string of the molecule is O=C(Nc1ccc(C(=O)N2CCC(C(=O)c3ccc(O)cc3)CC2)s1)c1ccco1. The van der Waals surface area contributed by atoms with Gasteiger partial charge in [0.25, 0.3) is 11.8 Å². The summed E-state index contributed by atoms with van der Waals surface area (Å²) in [4.78, 5) is 39.8. The number of hydrogen-bond donors (Lipinski definition) is 2. The summed E-state index contributed by atoms with van der Waals surface area (Å²) in [6.07, 6.45) is 2.62. The van der Waals surface area contributed by atoms with E-state index in [1.165, 1.54) is 29.7 Å². The third-order valence-corrected chi connectivity index (χ3v) is 6.09. The van der Waals surface area contributed by atoms with E-state index >= 15 is 0 Å². The van der Waals surface area contributed by atoms with E-state index in [4.69, 9.17) is 4.42 Å². The van der Waals surface area contributed by atoms with Crippen molar-refractivity contribution < 1.29 is 23.9 Å². The second-order valence-corrected chi connectivity index (χ2v) is 8.16. The predicted molar refractivity (Wildman–Crippen MR) is 112 cm³/mol. The molecular formula is C22H20N2O5S. The van der Waals surface area contributed by atoms with Gasteiger partial charge in [0, 0.05) is 24.6 Å². The quantitative estimate of drug-likeness (QED) is 0.602. The van der Waals surface area contributed by atoms with Crippen molar-refractivity contribution in [2.45, 2.75) is 12.8 Å². The van der Waals surface area contributed by atoms with E-state index in [0.29, 0.717) is 41.4 Å². The van der Waals surface area contributed by atoms with Crippen molar-refractivity contribution in [2.24, 2.45) is 5.92 Å². The Morgan fingerprint density at radius 3 is 2.43 bits per heavy atom. The molecule has 8 heteroatoms. The Kier molecular flexibility index (Phi) is 5.67. The number of anilines is 1. The van der Waals surface area contributed by atoms with Gasteiger partial charge in [0.1, 0.15) is 5.75 Å². The molecular weight excluding hydrogens is 404 g/mol. The predicted octanol–water partition coefficient (Wildman–Crippen LogP) is 4.03. The van der Waals surface area contributed by atoms with Gasteiger partial charge in [-0.25, -0.2) is 0 Å². The molecule has 1 aliphatic heterocycles. The van der Waals surface area contributed by atoms with Crippen LogP contribution in [0.1, 0.15) is 43.4 Å². The smallest absolute Gasteiger partial charge is 0.291 e. The van der Waals surface area contributed by atoms with Gasteiger partial charge in [0.2, 0.25) is 0 Å². The lowest BCUT2D eigenvalue weighted by atomic mass is 9.89. The van der Waals surface area contributed by atoms with Crippen molar-refractivity contribution in [1.82, 2.24) is 4.90 Å². The van der Waals surface area contributed by atoms with Crippen molar-refractivity contribution in [3.8, 4) is 5.75 Å². The van der Waals surface area contributed by atoms with E-state index in [2.05, 4.69) is 5.32 Å². The number of carbonyl (C=O) groups is 3. The van der Waals surface area contributed by atoms with Gasteiger partial charge in [-0.3, -0.25) is 14.4 Å². The molecule has 0 saturated carbocycles. The number of Topliss-reactive ketones (excluding diaryl/α,β-unsaturated/α-hetero) is 1. The number of nitrogens with zero attached hydrogens (tertiary/aromatic N) is 1. The van der Waals surface area contributed by atoms with Crippen molar-refractivity contribution >= 4 is 33.9 Å². The van der Waals surface area contributed by atoms with Gasteiger partial charge >= 0.3 is 0 Å². The van der Waals surface area contributed by atoms with Crippen molar-refractivity contribution in [3.05, 3.63) is 71.0 Å². The number of thiophene rings is 1. The molecule has 0 unspecified atom stereocenters. The molecule has 3 heterocycles. The van der Waals surface area contributed by atoms with Crippen LogP contribution in [0.25, 0.3) is 0 Å². The summed E-state index contributed by atoms with van der Waals surface area (Å²) in [7, 11) is 0. The number of nitrogens with one attached hydrogen (secondary N) is 1. The molecule has 1 aliphatic rings. The monoisotopic (exact) mass is 424 g/mol. The molecule has 0 spiro atoms. The van der Waals surface area contributed by atoms with Gasteiger partial charge in [0.05, 0.1) is 16.1 Å². The highest BCUT2D eigenvalue weighted by atomic mass is 32.1. The van der Waals surface area contributed by atoms with E-state index in [1.54, 1.807) is 41.3 Å². The molecule has 0 aliphatic carbocycles. The van der Waals surface area contributed by atoms with Crippen LogP contribution in [0.5, 0.6) is 5.75 Å². The summed E-state index contributed by atoms with van der Waals surface area (Å²) in [5.74, 6) is -0.228. The fourth-order valence-corrected chi connectivity index (χ4v) is 4.33. The van der Waals surface area contributed by atoms with Crippen LogP contribution in [0, 0.1) is 5.92 Å². The molecule has 0 bridgehead atoms. The zero-order valence-electron chi connectivity index (χ0n) is 16.0. The van der Waals surface area contributed by atoms with Crippen molar-refractivity contribution in [3.63, 3.8) is 0 Å². The molecule has 0 radical (unpaired) electrons. The number of hydrogen-bond acceptors (Lipinski definition) is 6. The lowest BCUT2D eigenvalue weighted by molar-refractivity contribution is 0.0654. The van der Waals surface area contributed by atoms with Gasteiger partial charge in [-0.1, -0.05) is 0 Å². The Balaban J connectivity index is 1.33. The minimum absolute atomic E-state index is 0.0427. The third-order valence-electron chi connectivity index (χ3n) is 5.10. The Morgan fingerprint density at radius 2 is 1.77 bits per heavy atom. The van der Waals surface area contributed by atoms with Crippen LogP contribution in [0.15, 0.2) is 59.2 Å². The topological polar surface area (TPSA) is 99.9 Å². The number of phenols is 1. The van der Waals surface area contributed by atoms with Gasteiger partial charge in [-0.15, -0.1) is 11.3 Å². The Labute approximate surface area is 176 Å².